The Bertz CT molecular complexity index is 499. The first kappa shape index (κ1) is 14.4. The van der Waals surface area contributed by atoms with Crippen LogP contribution in [0, 0.1) is 18.3 Å². The van der Waals surface area contributed by atoms with Crippen LogP contribution < -0.4 is 4.90 Å². The molecule has 1 unspecified atom stereocenters. The minimum Gasteiger partial charge on any atom is -0.481 e. The summed E-state index contributed by atoms with van der Waals surface area (Å²) >= 11 is 3.49. The first-order valence-electron chi connectivity index (χ1n) is 6.55. The fourth-order valence-electron chi connectivity index (χ4n) is 2.63. The monoisotopic (exact) mass is 325 g/mol. The molecule has 3 nitrogen and oxygen atoms in total. The van der Waals surface area contributed by atoms with Crippen LogP contribution in [0.25, 0.3) is 0 Å². The number of nitrogens with zero attached hydrogens (tertiary/aromatic N) is 1. The molecule has 0 bridgehead atoms. The topological polar surface area (TPSA) is 40.5 Å². The lowest BCUT2D eigenvalue weighted by atomic mass is 9.73. The standard InChI is InChI=1S/C15H20BrNO2/c1-10-8-11(4-5-13(10)16)17-7-6-15(2,3)12(9-17)14(18)19/h4-5,8,12H,6-7,9H2,1-3H3,(H,18,19). The third kappa shape index (κ3) is 2.94. The van der Waals surface area contributed by atoms with Crippen LogP contribution in [0.2, 0.25) is 0 Å². The van der Waals surface area contributed by atoms with Gasteiger partial charge in [0.2, 0.25) is 0 Å². The molecule has 0 amide bonds. The van der Waals surface area contributed by atoms with Gasteiger partial charge in [-0.05, 0) is 42.5 Å². The van der Waals surface area contributed by atoms with Gasteiger partial charge in [-0.1, -0.05) is 29.8 Å². The van der Waals surface area contributed by atoms with Crippen molar-refractivity contribution < 1.29 is 9.90 Å². The van der Waals surface area contributed by atoms with Crippen molar-refractivity contribution in [1.29, 1.82) is 0 Å². The quantitative estimate of drug-likeness (QED) is 0.901. The average Bonchev–Trinajstić information content (AvgIpc) is 2.32. The van der Waals surface area contributed by atoms with Gasteiger partial charge in [0.1, 0.15) is 0 Å². The molecule has 104 valence electrons. The molecule has 4 heteroatoms. The number of halogens is 1. The Morgan fingerprint density at radius 3 is 2.74 bits per heavy atom. The second-order valence-corrected chi connectivity index (χ2v) is 6.86. The van der Waals surface area contributed by atoms with Crippen LogP contribution in [-0.2, 0) is 4.79 Å². The SMILES string of the molecule is Cc1cc(N2CCC(C)(C)C(C(=O)O)C2)ccc1Br. The highest BCUT2D eigenvalue weighted by atomic mass is 79.9. The van der Waals surface area contributed by atoms with Crippen molar-refractivity contribution in [1.82, 2.24) is 0 Å². The van der Waals surface area contributed by atoms with Crippen molar-refractivity contribution in [2.75, 3.05) is 18.0 Å². The summed E-state index contributed by atoms with van der Waals surface area (Å²) in [6, 6.07) is 6.19. The van der Waals surface area contributed by atoms with Gasteiger partial charge in [-0.3, -0.25) is 4.79 Å². The number of aliphatic carboxylic acids is 1. The fraction of sp³-hybridized carbons (Fsp3) is 0.533. The van der Waals surface area contributed by atoms with Crippen molar-refractivity contribution >= 4 is 27.6 Å². The Kier molecular flexibility index (Phi) is 3.90. The molecule has 1 N–H and O–H groups in total. The average molecular weight is 326 g/mol. The summed E-state index contributed by atoms with van der Waals surface area (Å²) in [4.78, 5) is 13.6. The molecule has 1 saturated heterocycles. The van der Waals surface area contributed by atoms with E-state index in [0.717, 1.165) is 23.1 Å². The summed E-state index contributed by atoms with van der Waals surface area (Å²) in [7, 11) is 0. The lowest BCUT2D eigenvalue weighted by Gasteiger charge is -2.42. The molecule has 1 aromatic carbocycles. The van der Waals surface area contributed by atoms with Gasteiger partial charge < -0.3 is 10.0 Å². The maximum atomic E-state index is 11.4. The molecule has 0 radical (unpaired) electrons. The first-order chi connectivity index (χ1) is 8.81. The zero-order valence-corrected chi connectivity index (χ0v) is 13.2. The number of carboxylic acids is 1. The van der Waals surface area contributed by atoms with E-state index in [1.165, 1.54) is 5.56 Å². The van der Waals surface area contributed by atoms with Crippen molar-refractivity contribution in [3.8, 4) is 0 Å². The second kappa shape index (κ2) is 5.16. The third-order valence-corrected chi connectivity index (χ3v) is 5.07. The summed E-state index contributed by atoms with van der Waals surface area (Å²) in [6.07, 6.45) is 0.902. The molecule has 1 aliphatic rings. The van der Waals surface area contributed by atoms with E-state index in [1.807, 2.05) is 12.1 Å². The van der Waals surface area contributed by atoms with Crippen LogP contribution in [-0.4, -0.2) is 24.2 Å². The zero-order chi connectivity index (χ0) is 14.2. The van der Waals surface area contributed by atoms with Crippen LogP contribution in [0.15, 0.2) is 22.7 Å². The van der Waals surface area contributed by atoms with Gasteiger partial charge in [-0.15, -0.1) is 0 Å². The van der Waals surface area contributed by atoms with E-state index in [4.69, 9.17) is 0 Å². The van der Waals surface area contributed by atoms with Crippen molar-refractivity contribution in [3.63, 3.8) is 0 Å². The van der Waals surface area contributed by atoms with E-state index in [0.29, 0.717) is 6.54 Å². The molecule has 1 aliphatic heterocycles. The lowest BCUT2D eigenvalue weighted by molar-refractivity contribution is -0.146. The molecule has 0 aromatic heterocycles. The largest absolute Gasteiger partial charge is 0.481 e. The molecule has 19 heavy (non-hydrogen) atoms. The van der Waals surface area contributed by atoms with Gasteiger partial charge >= 0.3 is 5.97 Å². The molecular formula is C15H20BrNO2. The highest BCUT2D eigenvalue weighted by Gasteiger charge is 2.40. The van der Waals surface area contributed by atoms with Crippen molar-refractivity contribution in [2.45, 2.75) is 27.2 Å². The van der Waals surface area contributed by atoms with Crippen molar-refractivity contribution in [2.24, 2.45) is 11.3 Å². The van der Waals surface area contributed by atoms with E-state index in [-0.39, 0.29) is 11.3 Å². The third-order valence-electron chi connectivity index (χ3n) is 4.18. The summed E-state index contributed by atoms with van der Waals surface area (Å²) in [6.45, 7) is 7.66. The number of benzene rings is 1. The van der Waals surface area contributed by atoms with Gasteiger partial charge in [0.15, 0.2) is 0 Å². The van der Waals surface area contributed by atoms with Crippen molar-refractivity contribution in [3.05, 3.63) is 28.2 Å². The van der Waals surface area contributed by atoms with Gasteiger partial charge in [-0.2, -0.15) is 0 Å². The van der Waals surface area contributed by atoms with Gasteiger partial charge in [-0.25, -0.2) is 0 Å². The fourth-order valence-corrected chi connectivity index (χ4v) is 2.88. The van der Waals surface area contributed by atoms with Gasteiger partial charge in [0, 0.05) is 23.2 Å². The normalized spacial score (nSPS) is 22.3. The van der Waals surface area contributed by atoms with Crippen LogP contribution in [0.3, 0.4) is 0 Å². The lowest BCUT2D eigenvalue weighted by Crippen LogP contribution is -2.48. The van der Waals surface area contributed by atoms with Gasteiger partial charge in [0.05, 0.1) is 5.92 Å². The van der Waals surface area contributed by atoms with E-state index < -0.39 is 5.97 Å². The molecular weight excluding hydrogens is 306 g/mol. The number of rotatable bonds is 2. The minimum absolute atomic E-state index is 0.132. The smallest absolute Gasteiger partial charge is 0.308 e. The summed E-state index contributed by atoms with van der Waals surface area (Å²) in [5.41, 5.74) is 2.16. The maximum Gasteiger partial charge on any atom is 0.308 e. The molecule has 0 spiro atoms. The number of anilines is 1. The summed E-state index contributed by atoms with van der Waals surface area (Å²) in [5.74, 6) is -1.01. The molecule has 1 atom stereocenters. The summed E-state index contributed by atoms with van der Waals surface area (Å²) in [5, 5.41) is 9.40. The molecule has 1 aromatic rings. The highest BCUT2D eigenvalue weighted by Crippen LogP contribution is 2.37. The Morgan fingerprint density at radius 1 is 1.47 bits per heavy atom. The molecule has 0 aliphatic carbocycles. The predicted octanol–water partition coefficient (Wildman–Crippen LogP) is 3.69. The maximum absolute atomic E-state index is 11.4. The zero-order valence-electron chi connectivity index (χ0n) is 11.6. The number of carbonyl (C=O) groups is 1. The Hall–Kier alpha value is -1.03. The minimum atomic E-state index is -0.691. The Morgan fingerprint density at radius 2 is 2.16 bits per heavy atom. The number of hydrogen-bond acceptors (Lipinski definition) is 2. The van der Waals surface area contributed by atoms with Crippen LogP contribution in [0.1, 0.15) is 25.8 Å². The number of piperidine rings is 1. The van der Waals surface area contributed by atoms with E-state index >= 15 is 0 Å². The summed E-state index contributed by atoms with van der Waals surface area (Å²) < 4.78 is 1.09. The van der Waals surface area contributed by atoms with E-state index in [1.54, 1.807) is 0 Å². The molecule has 1 fully saturated rings. The van der Waals surface area contributed by atoms with Crippen LogP contribution in [0.4, 0.5) is 5.69 Å². The predicted molar refractivity (Wildman–Crippen MR) is 80.6 cm³/mol. The van der Waals surface area contributed by atoms with Crippen LogP contribution in [0.5, 0.6) is 0 Å². The molecule has 1 heterocycles. The number of hydrogen-bond donors (Lipinski definition) is 1. The highest BCUT2D eigenvalue weighted by molar-refractivity contribution is 9.10. The molecule has 0 saturated carbocycles. The number of aryl methyl sites for hydroxylation is 1. The Balaban J connectivity index is 2.23. The second-order valence-electron chi connectivity index (χ2n) is 6.01. The van der Waals surface area contributed by atoms with E-state index in [9.17, 15) is 9.90 Å². The Labute approximate surface area is 122 Å². The first-order valence-corrected chi connectivity index (χ1v) is 7.34. The number of carboxylic acid groups (broad SMARTS) is 1. The molecule has 2 rings (SSSR count). The van der Waals surface area contributed by atoms with E-state index in [2.05, 4.69) is 47.7 Å². The van der Waals surface area contributed by atoms with Gasteiger partial charge in [0.25, 0.3) is 0 Å². The van der Waals surface area contributed by atoms with Crippen LogP contribution >= 0.6 is 15.9 Å².